The lowest BCUT2D eigenvalue weighted by Gasteiger charge is -2.25. The molecule has 274 valence electrons. The average Bonchev–Trinajstić information content (AvgIpc) is 3.53. The predicted molar refractivity (Wildman–Crippen MR) is 228 cm³/mol. The second-order valence-electron chi connectivity index (χ2n) is 17.4. The average molecular weight is 712 g/mol. The van der Waals surface area contributed by atoms with Crippen LogP contribution in [-0.4, -0.2) is 19.6 Å². The standard InChI is InChI=1S/C50H53N3O/c1-31(2)39-19-16-20-40(32(3)4)47(39)53-44-30-38(50(8,9)10)29-41(35-25-36(43-21-14-15-24-51-43)27-37(26-35)49(5,6)7)46(44)52-48(53)42-28-34(22-23-45(42)54)33-17-12-11-13-18-33/h11-32,54H,1-10H3. The van der Waals surface area contributed by atoms with E-state index < -0.39 is 0 Å². The van der Waals surface area contributed by atoms with Crippen LogP contribution in [0.1, 0.15) is 103 Å². The first-order valence-corrected chi connectivity index (χ1v) is 19.3. The molecule has 7 rings (SSSR count). The number of imidazole rings is 1. The largest absolute Gasteiger partial charge is 0.507 e. The fourth-order valence-electron chi connectivity index (χ4n) is 7.43. The normalized spacial score (nSPS) is 12.3. The van der Waals surface area contributed by atoms with Crippen LogP contribution in [-0.2, 0) is 10.8 Å². The van der Waals surface area contributed by atoms with Gasteiger partial charge in [-0.2, -0.15) is 0 Å². The van der Waals surface area contributed by atoms with Crippen LogP contribution in [0.25, 0.3) is 61.6 Å². The van der Waals surface area contributed by atoms with Crippen LogP contribution in [0.3, 0.4) is 0 Å². The molecule has 0 saturated heterocycles. The number of aromatic hydroxyl groups is 1. The van der Waals surface area contributed by atoms with E-state index in [-0.39, 0.29) is 28.4 Å². The van der Waals surface area contributed by atoms with E-state index in [0.29, 0.717) is 5.56 Å². The van der Waals surface area contributed by atoms with Crippen LogP contribution in [0.15, 0.2) is 121 Å². The molecule has 54 heavy (non-hydrogen) atoms. The molecule has 2 aromatic heterocycles. The Balaban J connectivity index is 1.66. The topological polar surface area (TPSA) is 50.9 Å². The van der Waals surface area contributed by atoms with Crippen molar-refractivity contribution in [2.24, 2.45) is 0 Å². The van der Waals surface area contributed by atoms with Gasteiger partial charge in [0.2, 0.25) is 0 Å². The molecule has 0 radical (unpaired) electrons. The molecule has 4 heteroatoms. The summed E-state index contributed by atoms with van der Waals surface area (Å²) in [7, 11) is 0. The molecule has 0 aliphatic heterocycles. The molecule has 0 saturated carbocycles. The van der Waals surface area contributed by atoms with Crippen molar-refractivity contribution in [3.8, 4) is 56.3 Å². The van der Waals surface area contributed by atoms with Gasteiger partial charge in [-0.3, -0.25) is 9.55 Å². The Morgan fingerprint density at radius 1 is 0.556 bits per heavy atom. The minimum atomic E-state index is -0.155. The third-order valence-electron chi connectivity index (χ3n) is 10.6. The van der Waals surface area contributed by atoms with Crippen molar-refractivity contribution < 1.29 is 5.11 Å². The van der Waals surface area contributed by atoms with Crippen molar-refractivity contribution in [2.75, 3.05) is 0 Å². The summed E-state index contributed by atoms with van der Waals surface area (Å²) in [5, 5.41) is 11.8. The van der Waals surface area contributed by atoms with Crippen molar-refractivity contribution in [1.29, 1.82) is 0 Å². The molecule has 0 aliphatic rings. The van der Waals surface area contributed by atoms with E-state index in [9.17, 15) is 5.11 Å². The SMILES string of the molecule is CC(C)c1cccc(C(C)C)c1-n1c(-c2cc(-c3ccccc3)ccc2O)nc2c(-c3cc(-c4ccccn4)cc(C(C)(C)C)c3)cc(C(C)(C)C)cc21. The van der Waals surface area contributed by atoms with Gasteiger partial charge in [0.25, 0.3) is 0 Å². The fraction of sp³-hybridized carbons (Fsp3) is 0.280. The summed E-state index contributed by atoms with van der Waals surface area (Å²) >= 11 is 0. The summed E-state index contributed by atoms with van der Waals surface area (Å²) in [5.74, 6) is 1.43. The Bertz CT molecular complexity index is 2430. The number of benzene rings is 5. The van der Waals surface area contributed by atoms with E-state index in [1.807, 2.05) is 36.5 Å². The van der Waals surface area contributed by atoms with E-state index in [1.165, 1.54) is 22.3 Å². The summed E-state index contributed by atoms with van der Waals surface area (Å²) in [6.45, 7) is 22.7. The number of para-hydroxylation sites is 1. The first-order chi connectivity index (χ1) is 25.6. The Morgan fingerprint density at radius 2 is 1.19 bits per heavy atom. The van der Waals surface area contributed by atoms with Crippen LogP contribution >= 0.6 is 0 Å². The molecular formula is C50H53N3O. The molecule has 0 unspecified atom stereocenters. The number of phenols is 1. The third-order valence-corrected chi connectivity index (χ3v) is 10.6. The quantitative estimate of drug-likeness (QED) is 0.179. The highest BCUT2D eigenvalue weighted by molar-refractivity contribution is 5.98. The van der Waals surface area contributed by atoms with Crippen LogP contribution < -0.4 is 0 Å². The van der Waals surface area contributed by atoms with Gasteiger partial charge in [-0.25, -0.2) is 4.98 Å². The highest BCUT2D eigenvalue weighted by Crippen LogP contribution is 2.45. The number of phenolic OH excluding ortho intramolecular Hbond substituents is 1. The first-order valence-electron chi connectivity index (χ1n) is 19.3. The molecule has 0 amide bonds. The molecule has 0 spiro atoms. The minimum Gasteiger partial charge on any atom is -0.507 e. The first kappa shape index (κ1) is 36.9. The lowest BCUT2D eigenvalue weighted by atomic mass is 9.82. The summed E-state index contributed by atoms with van der Waals surface area (Å²) in [6.07, 6.45) is 1.86. The number of hydrogen-bond acceptors (Lipinski definition) is 3. The maximum Gasteiger partial charge on any atom is 0.149 e. The number of fused-ring (bicyclic) bond motifs is 1. The van der Waals surface area contributed by atoms with Gasteiger partial charge < -0.3 is 5.11 Å². The minimum absolute atomic E-state index is 0.100. The van der Waals surface area contributed by atoms with E-state index in [1.54, 1.807) is 0 Å². The summed E-state index contributed by atoms with van der Waals surface area (Å²) in [5.41, 5.74) is 14.7. The zero-order valence-corrected chi connectivity index (χ0v) is 33.5. The summed E-state index contributed by atoms with van der Waals surface area (Å²) in [6, 6.07) is 40.6. The maximum atomic E-state index is 11.8. The van der Waals surface area contributed by atoms with Gasteiger partial charge in [-0.15, -0.1) is 0 Å². The van der Waals surface area contributed by atoms with Crippen LogP contribution in [0.4, 0.5) is 0 Å². The molecule has 7 aromatic rings. The number of hydrogen-bond donors (Lipinski definition) is 1. The van der Waals surface area contributed by atoms with Crippen molar-refractivity contribution in [3.63, 3.8) is 0 Å². The number of aromatic nitrogens is 3. The van der Waals surface area contributed by atoms with Crippen molar-refractivity contribution in [2.45, 2.75) is 91.9 Å². The third kappa shape index (κ3) is 6.98. The van der Waals surface area contributed by atoms with Crippen molar-refractivity contribution in [1.82, 2.24) is 14.5 Å². The van der Waals surface area contributed by atoms with Gasteiger partial charge in [-0.1, -0.05) is 136 Å². The molecule has 0 fully saturated rings. The Hall–Kier alpha value is -5.48. The molecule has 0 aliphatic carbocycles. The Kier molecular flexibility index (Phi) is 9.60. The van der Waals surface area contributed by atoms with Crippen molar-refractivity contribution in [3.05, 3.63) is 144 Å². The number of nitrogens with zero attached hydrogens (tertiary/aromatic N) is 3. The summed E-state index contributed by atoms with van der Waals surface area (Å²) < 4.78 is 2.36. The van der Waals surface area contributed by atoms with E-state index in [4.69, 9.17) is 9.97 Å². The fourth-order valence-corrected chi connectivity index (χ4v) is 7.43. The number of rotatable bonds is 7. The van der Waals surface area contributed by atoms with Crippen LogP contribution in [0, 0.1) is 0 Å². The molecule has 0 bridgehead atoms. The van der Waals surface area contributed by atoms with Crippen LogP contribution in [0.5, 0.6) is 5.75 Å². The van der Waals surface area contributed by atoms with Crippen molar-refractivity contribution >= 4 is 11.0 Å². The second kappa shape index (κ2) is 14.1. The lowest BCUT2D eigenvalue weighted by molar-refractivity contribution is 0.477. The lowest BCUT2D eigenvalue weighted by Crippen LogP contribution is -2.13. The predicted octanol–water partition coefficient (Wildman–Crippen LogP) is 13.6. The van der Waals surface area contributed by atoms with E-state index >= 15 is 0 Å². The van der Waals surface area contributed by atoms with E-state index in [0.717, 1.165) is 56.1 Å². The Morgan fingerprint density at radius 3 is 1.80 bits per heavy atom. The summed E-state index contributed by atoms with van der Waals surface area (Å²) in [4.78, 5) is 10.4. The highest BCUT2D eigenvalue weighted by Gasteiger charge is 2.28. The van der Waals surface area contributed by atoms with Gasteiger partial charge in [0.15, 0.2) is 0 Å². The van der Waals surface area contributed by atoms with Gasteiger partial charge in [0.1, 0.15) is 11.6 Å². The molecule has 2 heterocycles. The number of pyridine rings is 1. The highest BCUT2D eigenvalue weighted by atomic mass is 16.3. The molecular weight excluding hydrogens is 659 g/mol. The van der Waals surface area contributed by atoms with Gasteiger partial charge >= 0.3 is 0 Å². The molecule has 0 atom stereocenters. The zero-order chi connectivity index (χ0) is 38.5. The zero-order valence-electron chi connectivity index (χ0n) is 33.5. The van der Waals surface area contributed by atoms with Crippen LogP contribution in [0.2, 0.25) is 0 Å². The Labute approximate surface area is 321 Å². The monoisotopic (exact) mass is 711 g/mol. The second-order valence-corrected chi connectivity index (χ2v) is 17.4. The molecule has 4 nitrogen and oxygen atoms in total. The van der Waals surface area contributed by atoms with Gasteiger partial charge in [0, 0.05) is 17.3 Å². The van der Waals surface area contributed by atoms with Gasteiger partial charge in [-0.05, 0) is 110 Å². The molecule has 1 N–H and O–H groups in total. The molecule has 5 aromatic carbocycles. The van der Waals surface area contributed by atoms with Gasteiger partial charge in [0.05, 0.1) is 28.0 Å². The van der Waals surface area contributed by atoms with E-state index in [2.05, 4.69) is 159 Å². The smallest absolute Gasteiger partial charge is 0.149 e. The maximum absolute atomic E-state index is 11.8.